The number of benzene rings is 1. The monoisotopic (exact) mass is 263 g/mol. The molecular formula is C8H7BrClNO2. The summed E-state index contributed by atoms with van der Waals surface area (Å²) in [6.07, 6.45) is 0.710. The fourth-order valence-electron chi connectivity index (χ4n) is 0.993. The van der Waals surface area contributed by atoms with Crippen LogP contribution >= 0.6 is 27.5 Å². The highest BCUT2D eigenvalue weighted by Crippen LogP contribution is 2.31. The van der Waals surface area contributed by atoms with Crippen LogP contribution in [0.25, 0.3) is 0 Å². The Morgan fingerprint density at radius 1 is 1.62 bits per heavy atom. The summed E-state index contributed by atoms with van der Waals surface area (Å²) in [7, 11) is 0. The van der Waals surface area contributed by atoms with Gasteiger partial charge in [-0.25, -0.2) is 0 Å². The van der Waals surface area contributed by atoms with E-state index in [9.17, 15) is 10.1 Å². The number of nitrogens with zero attached hydrogens (tertiary/aromatic N) is 1. The van der Waals surface area contributed by atoms with Crippen LogP contribution in [0.5, 0.6) is 0 Å². The van der Waals surface area contributed by atoms with E-state index in [1.807, 2.05) is 6.92 Å². The lowest BCUT2D eigenvalue weighted by Gasteiger charge is -2.02. The fourth-order valence-corrected chi connectivity index (χ4v) is 1.74. The smallest absolute Gasteiger partial charge is 0.258 e. The van der Waals surface area contributed by atoms with Crippen molar-refractivity contribution < 1.29 is 4.92 Å². The van der Waals surface area contributed by atoms with Crippen molar-refractivity contribution in [3.8, 4) is 0 Å². The Hall–Kier alpha value is -0.610. The van der Waals surface area contributed by atoms with Gasteiger partial charge in [0.15, 0.2) is 0 Å². The second kappa shape index (κ2) is 4.07. The molecule has 0 unspecified atom stereocenters. The first kappa shape index (κ1) is 10.5. The van der Waals surface area contributed by atoms with E-state index in [1.165, 1.54) is 12.1 Å². The normalized spacial score (nSPS) is 10.1. The number of hydrogen-bond donors (Lipinski definition) is 0. The first-order valence-corrected chi connectivity index (χ1v) is 4.85. The summed E-state index contributed by atoms with van der Waals surface area (Å²) in [6, 6.07) is 2.86. The van der Waals surface area contributed by atoms with Gasteiger partial charge >= 0.3 is 0 Å². The molecule has 0 aliphatic heterocycles. The quantitative estimate of drug-likeness (QED) is 0.605. The second-order valence-electron chi connectivity index (χ2n) is 2.51. The molecule has 13 heavy (non-hydrogen) atoms. The fraction of sp³-hybridized carbons (Fsp3) is 0.250. The molecule has 0 radical (unpaired) electrons. The van der Waals surface area contributed by atoms with Crippen LogP contribution in [0.15, 0.2) is 16.6 Å². The summed E-state index contributed by atoms with van der Waals surface area (Å²) in [5.74, 6) is 0. The summed E-state index contributed by atoms with van der Waals surface area (Å²) in [4.78, 5) is 10.0. The predicted octanol–water partition coefficient (Wildman–Crippen LogP) is 3.57. The Balaban J connectivity index is 3.30. The number of rotatable bonds is 2. The van der Waals surface area contributed by atoms with Gasteiger partial charge in [-0.05, 0) is 27.9 Å². The number of aryl methyl sites for hydroxylation is 1. The molecular weight excluding hydrogens is 257 g/mol. The molecule has 1 aromatic carbocycles. The van der Waals surface area contributed by atoms with E-state index in [-0.39, 0.29) is 5.69 Å². The van der Waals surface area contributed by atoms with Crippen LogP contribution in [0.1, 0.15) is 12.5 Å². The van der Waals surface area contributed by atoms with Crippen LogP contribution < -0.4 is 0 Å². The minimum atomic E-state index is -0.447. The zero-order valence-corrected chi connectivity index (χ0v) is 9.22. The van der Waals surface area contributed by atoms with Gasteiger partial charge < -0.3 is 0 Å². The molecule has 0 saturated heterocycles. The highest BCUT2D eigenvalue weighted by Gasteiger charge is 2.12. The number of non-ortho nitro benzene ring substituents is 1. The zero-order chi connectivity index (χ0) is 10.0. The third kappa shape index (κ3) is 2.19. The molecule has 1 aromatic rings. The van der Waals surface area contributed by atoms with Crippen molar-refractivity contribution in [1.29, 1.82) is 0 Å². The third-order valence-electron chi connectivity index (χ3n) is 1.68. The molecule has 0 atom stereocenters. The lowest BCUT2D eigenvalue weighted by molar-refractivity contribution is -0.384. The summed E-state index contributed by atoms with van der Waals surface area (Å²) in [5.41, 5.74) is 0.879. The number of nitro benzene ring substituents is 1. The van der Waals surface area contributed by atoms with Crippen LogP contribution in [-0.4, -0.2) is 4.92 Å². The van der Waals surface area contributed by atoms with Gasteiger partial charge in [-0.1, -0.05) is 18.5 Å². The van der Waals surface area contributed by atoms with Crippen molar-refractivity contribution in [2.45, 2.75) is 13.3 Å². The van der Waals surface area contributed by atoms with Crippen molar-refractivity contribution >= 4 is 33.2 Å². The Bertz CT molecular complexity index is 354. The van der Waals surface area contributed by atoms with Crippen molar-refractivity contribution in [1.82, 2.24) is 0 Å². The molecule has 0 bridgehead atoms. The lowest BCUT2D eigenvalue weighted by Crippen LogP contribution is -1.91. The van der Waals surface area contributed by atoms with Gasteiger partial charge in [-0.2, -0.15) is 0 Å². The maximum Gasteiger partial charge on any atom is 0.271 e. The van der Waals surface area contributed by atoms with E-state index in [2.05, 4.69) is 15.9 Å². The first-order chi connectivity index (χ1) is 6.06. The third-order valence-corrected chi connectivity index (χ3v) is 3.14. The summed E-state index contributed by atoms with van der Waals surface area (Å²) in [5, 5.41) is 10.8. The highest BCUT2D eigenvalue weighted by molar-refractivity contribution is 9.10. The van der Waals surface area contributed by atoms with Crippen molar-refractivity contribution in [3.05, 3.63) is 37.3 Å². The van der Waals surface area contributed by atoms with Crippen LogP contribution in [0.2, 0.25) is 5.02 Å². The number of hydrogen-bond acceptors (Lipinski definition) is 2. The molecule has 0 N–H and O–H groups in total. The molecule has 70 valence electrons. The summed E-state index contributed by atoms with van der Waals surface area (Å²) >= 11 is 9.06. The molecule has 0 spiro atoms. The molecule has 5 heteroatoms. The molecule has 0 aliphatic rings. The summed E-state index contributed by atoms with van der Waals surface area (Å²) < 4.78 is 0.738. The first-order valence-electron chi connectivity index (χ1n) is 3.68. The van der Waals surface area contributed by atoms with E-state index in [4.69, 9.17) is 11.6 Å². The highest BCUT2D eigenvalue weighted by atomic mass is 79.9. The van der Waals surface area contributed by atoms with Crippen LogP contribution in [0.3, 0.4) is 0 Å². The van der Waals surface area contributed by atoms with Gasteiger partial charge in [0.05, 0.1) is 9.95 Å². The van der Waals surface area contributed by atoms with Gasteiger partial charge in [0.1, 0.15) is 0 Å². The Morgan fingerprint density at radius 2 is 2.23 bits per heavy atom. The van der Waals surface area contributed by atoms with Crippen molar-refractivity contribution in [2.24, 2.45) is 0 Å². The van der Waals surface area contributed by atoms with Crippen LogP contribution in [0.4, 0.5) is 5.69 Å². The Kier molecular flexibility index (Phi) is 3.27. The van der Waals surface area contributed by atoms with Crippen molar-refractivity contribution in [3.63, 3.8) is 0 Å². The molecule has 3 nitrogen and oxygen atoms in total. The average molecular weight is 265 g/mol. The molecule has 0 aliphatic carbocycles. The maximum atomic E-state index is 10.5. The van der Waals surface area contributed by atoms with Gasteiger partial charge in [0, 0.05) is 16.6 Å². The molecule has 0 amide bonds. The lowest BCUT2D eigenvalue weighted by atomic mass is 10.1. The number of halogens is 2. The standard InChI is InChI=1S/C8H7BrClNO2/c1-2-5-3-6(11(12)13)4-7(10)8(5)9/h3-4H,2H2,1H3. The minimum absolute atomic E-state index is 0.0325. The van der Waals surface area contributed by atoms with Gasteiger partial charge in [0.2, 0.25) is 0 Å². The SMILES string of the molecule is CCc1cc([N+](=O)[O-])cc(Cl)c1Br. The maximum absolute atomic E-state index is 10.5. The van der Waals surface area contributed by atoms with Gasteiger partial charge in [-0.3, -0.25) is 10.1 Å². The molecule has 0 saturated carbocycles. The molecule has 0 aromatic heterocycles. The predicted molar refractivity (Wildman–Crippen MR) is 55.2 cm³/mol. The van der Waals surface area contributed by atoms with E-state index < -0.39 is 4.92 Å². The molecule has 0 fully saturated rings. The van der Waals surface area contributed by atoms with E-state index in [1.54, 1.807) is 0 Å². The number of nitro groups is 1. The minimum Gasteiger partial charge on any atom is -0.258 e. The average Bonchev–Trinajstić information content (AvgIpc) is 2.09. The Morgan fingerprint density at radius 3 is 2.69 bits per heavy atom. The molecule has 1 rings (SSSR count). The van der Waals surface area contributed by atoms with Gasteiger partial charge in [0.25, 0.3) is 5.69 Å². The second-order valence-corrected chi connectivity index (χ2v) is 3.71. The van der Waals surface area contributed by atoms with E-state index in [0.29, 0.717) is 11.4 Å². The largest absolute Gasteiger partial charge is 0.271 e. The van der Waals surface area contributed by atoms with Crippen molar-refractivity contribution in [2.75, 3.05) is 0 Å². The molecule has 0 heterocycles. The van der Waals surface area contributed by atoms with E-state index >= 15 is 0 Å². The summed E-state index contributed by atoms with van der Waals surface area (Å²) in [6.45, 7) is 1.92. The zero-order valence-electron chi connectivity index (χ0n) is 6.88. The van der Waals surface area contributed by atoms with E-state index in [0.717, 1.165) is 10.0 Å². The van der Waals surface area contributed by atoms with Crippen LogP contribution in [-0.2, 0) is 6.42 Å². The Labute approximate surface area is 89.0 Å². The van der Waals surface area contributed by atoms with Crippen LogP contribution in [0, 0.1) is 10.1 Å². The van der Waals surface area contributed by atoms with Gasteiger partial charge in [-0.15, -0.1) is 0 Å². The topological polar surface area (TPSA) is 43.1 Å².